The normalized spacial score (nSPS) is 17.9. The lowest BCUT2D eigenvalue weighted by atomic mass is 9.96. The molecule has 4 saturated heterocycles. The Morgan fingerprint density at radius 1 is 0.385 bits per heavy atom. The zero-order valence-corrected chi connectivity index (χ0v) is 74.7. The second-order valence-corrected chi connectivity index (χ2v) is 35.7. The van der Waals surface area contributed by atoms with E-state index in [0.29, 0.717) is 95.0 Å². The van der Waals surface area contributed by atoms with Crippen molar-refractivity contribution in [3.8, 4) is 45.3 Å². The Bertz CT molecular complexity index is 6210. The van der Waals surface area contributed by atoms with Crippen LogP contribution in [0.5, 0.6) is 5.88 Å². The molecule has 4 fully saturated rings. The van der Waals surface area contributed by atoms with Gasteiger partial charge in [-0.3, -0.25) is 52.7 Å². The molecule has 670 valence electrons. The minimum absolute atomic E-state index is 0.103. The van der Waals surface area contributed by atoms with Crippen LogP contribution in [0, 0.1) is 11.3 Å². The van der Waals surface area contributed by atoms with Gasteiger partial charge in [0.05, 0.1) is 116 Å². The zero-order valence-electron chi connectivity index (χ0n) is 74.7. The predicted molar refractivity (Wildman–Crippen MR) is 489 cm³/mol. The number of benzene rings is 4. The number of rotatable bonds is 13. The molecule has 31 heteroatoms. The summed E-state index contributed by atoms with van der Waals surface area (Å²) in [5, 5.41) is 32.3. The summed E-state index contributed by atoms with van der Waals surface area (Å²) in [4.78, 5) is 90.3. The second-order valence-electron chi connectivity index (χ2n) is 35.7. The molecule has 31 nitrogen and oxygen atoms in total. The van der Waals surface area contributed by atoms with Crippen molar-refractivity contribution in [2.45, 2.75) is 155 Å². The monoisotopic (exact) mass is 1750 g/mol. The molecule has 7 aromatic heterocycles. The Labute approximate surface area is 755 Å². The summed E-state index contributed by atoms with van der Waals surface area (Å²) in [5.74, 6) is 4.85. The van der Waals surface area contributed by atoms with Gasteiger partial charge in [0.25, 0.3) is 5.91 Å². The van der Waals surface area contributed by atoms with Gasteiger partial charge in [-0.25, -0.2) is 4.98 Å². The molecule has 1 N–H and O–H groups in total. The summed E-state index contributed by atoms with van der Waals surface area (Å²) in [6.07, 6.45) is 18.7. The van der Waals surface area contributed by atoms with E-state index in [9.17, 15) is 29.2 Å². The number of nitrogens with zero attached hydrogens (tertiary/aromatic N) is 20. The van der Waals surface area contributed by atoms with Gasteiger partial charge < -0.3 is 68.2 Å². The van der Waals surface area contributed by atoms with E-state index in [1.165, 1.54) is 67.5 Å². The Balaban J connectivity index is 0.000000109. The molecule has 0 radical (unpaired) electrons. The summed E-state index contributed by atoms with van der Waals surface area (Å²) < 4.78 is 35.7. The summed E-state index contributed by atoms with van der Waals surface area (Å²) in [6, 6.07) is 41.1. The molecule has 12 aliphatic heterocycles. The van der Waals surface area contributed by atoms with Crippen molar-refractivity contribution in [3.05, 3.63) is 213 Å². The predicted octanol–water partition coefficient (Wildman–Crippen LogP) is 12.2. The maximum atomic E-state index is 12.2. The number of carbonyl (C=O) groups is 5. The van der Waals surface area contributed by atoms with E-state index >= 15 is 0 Å². The van der Waals surface area contributed by atoms with Crippen LogP contribution < -0.4 is 29.7 Å². The van der Waals surface area contributed by atoms with E-state index in [2.05, 4.69) is 144 Å². The molecule has 19 heterocycles. The number of nitriles is 1. The number of aromatic nitrogens is 11. The average Bonchev–Trinajstić information content (AvgIpc) is 1.59. The topological polar surface area (TPSA) is 303 Å². The first-order valence-electron chi connectivity index (χ1n) is 45.8. The maximum absolute atomic E-state index is 12.2. The number of fused-ring (bicyclic) bond motifs is 8. The molecule has 0 bridgehead atoms. The van der Waals surface area contributed by atoms with Crippen LogP contribution in [0.2, 0.25) is 0 Å². The van der Waals surface area contributed by atoms with Gasteiger partial charge in [-0.15, -0.1) is 0 Å². The van der Waals surface area contributed by atoms with E-state index in [-0.39, 0.29) is 41.6 Å². The fraction of sp³-hybridized carbons (Fsp3) is 0.424. The number of hydrogen-bond acceptors (Lipinski definition) is 22. The van der Waals surface area contributed by atoms with Crippen molar-refractivity contribution < 1.29 is 47.7 Å². The first-order chi connectivity index (χ1) is 63.5. The number of hydrogen-bond donors (Lipinski definition) is 1. The van der Waals surface area contributed by atoms with Gasteiger partial charge in [-0.05, 0) is 151 Å². The maximum Gasteiger partial charge on any atom is 0.269 e. The Kier molecular flexibility index (Phi) is 23.8. The third-order valence-corrected chi connectivity index (χ3v) is 27.7. The summed E-state index contributed by atoms with van der Waals surface area (Å²) in [5.41, 5.74) is 27.0. The van der Waals surface area contributed by atoms with Gasteiger partial charge in [0, 0.05) is 228 Å². The molecule has 5 amide bonds. The number of aryl methyl sites for hydroxylation is 4. The molecule has 4 aromatic carbocycles. The van der Waals surface area contributed by atoms with E-state index in [1.54, 1.807) is 66.5 Å². The molecular weight excluding hydrogens is 1640 g/mol. The number of pyridine rings is 3. The molecule has 130 heavy (non-hydrogen) atoms. The second kappa shape index (κ2) is 36.4. The van der Waals surface area contributed by atoms with Crippen molar-refractivity contribution in [1.82, 2.24) is 79.0 Å². The molecule has 0 aliphatic carbocycles. The Morgan fingerprint density at radius 2 is 0.731 bits per heavy atom. The number of carbonyl (C=O) groups excluding carboxylic acids is 5. The van der Waals surface area contributed by atoms with Crippen LogP contribution in [0.25, 0.3) is 33.4 Å². The highest BCUT2D eigenvalue weighted by molar-refractivity contribution is 5.92. The third kappa shape index (κ3) is 16.4. The number of nitrogens with one attached hydrogen (secondary N) is 1. The smallest absolute Gasteiger partial charge is 0.269 e. The largest absolute Gasteiger partial charge is 0.481 e. The van der Waals surface area contributed by atoms with Gasteiger partial charge in [-0.1, -0.05) is 42.5 Å². The standard InChI is InChI=1S/C27H30N6O3.C26H26N6O2.C26H29N5O3.C20H24N4O2/c1-17(34)31-11-9-25-22(14-31)26(30-33(25)21-15-36-16-21)32-10-3-4-19-12-18(6-8-24(19)32)20-5-7-23(29-13-20)27(35)28-2;1-17(33)30-8-6-25-23(14-30)26(29-32(25)22-15-34-16-22)31-7-2-3-20-10-19(4-5-24(20)31)21-9-18(11-27)12-28-13-21;1-17(32)29-11-9-24-22(14-29)26(28-31(24)21-15-34-16-21)30-10-3-4-19-12-18(5-7-23(19)30)20-6-8-25(33-2)27-13-20;1-14(25)22-10-8-19-17(11-22)20(21-24(19)16-12-26-13-16)23-9-4-6-15-5-2-3-7-18(15)23/h5-8,12-13,21H,3-4,9-11,14-16H2,1-2H3,(H,28,35);4-5,9-10,12-13,22H,2-3,6-8,14-16H2,1H3;5-8,12-13,21H,3-4,9-11,14-16H2,1-2H3;2-3,5,7,16H,4,6,8-13H2,1H3. The minimum atomic E-state index is -0.192. The van der Waals surface area contributed by atoms with E-state index in [1.807, 2.05) is 50.1 Å². The molecule has 11 aromatic rings. The fourth-order valence-corrected chi connectivity index (χ4v) is 20.2. The lowest BCUT2D eigenvalue weighted by molar-refractivity contribution is -0.130. The number of para-hydroxylation sites is 1. The fourth-order valence-electron chi connectivity index (χ4n) is 20.2. The van der Waals surface area contributed by atoms with Crippen LogP contribution in [-0.2, 0) is 116 Å². The van der Waals surface area contributed by atoms with Gasteiger partial charge in [0.15, 0.2) is 23.3 Å². The zero-order chi connectivity index (χ0) is 89.0. The number of ether oxygens (including phenoxy) is 5. The highest BCUT2D eigenvalue weighted by Crippen LogP contribution is 2.47. The number of methoxy groups -OCH3 is 1. The molecule has 23 rings (SSSR count). The van der Waals surface area contributed by atoms with Gasteiger partial charge in [-0.2, -0.15) is 25.7 Å². The summed E-state index contributed by atoms with van der Waals surface area (Å²) >= 11 is 0. The van der Waals surface area contributed by atoms with Gasteiger partial charge >= 0.3 is 0 Å². The minimum Gasteiger partial charge on any atom is -0.481 e. The van der Waals surface area contributed by atoms with Crippen LogP contribution >= 0.6 is 0 Å². The number of anilines is 8. The van der Waals surface area contributed by atoms with Gasteiger partial charge in [0.1, 0.15) is 11.8 Å². The van der Waals surface area contributed by atoms with Crippen LogP contribution in [0.4, 0.5) is 46.0 Å². The summed E-state index contributed by atoms with van der Waals surface area (Å²) in [7, 11) is 3.23. The molecule has 0 unspecified atom stereocenters. The van der Waals surface area contributed by atoms with E-state index in [4.69, 9.17) is 44.1 Å². The third-order valence-electron chi connectivity index (χ3n) is 27.7. The molecule has 0 spiro atoms. The summed E-state index contributed by atoms with van der Waals surface area (Å²) in [6.45, 7) is 21.4. The average molecular weight is 1750 g/mol. The van der Waals surface area contributed by atoms with Crippen LogP contribution in [0.15, 0.2) is 134 Å². The molecule has 12 aliphatic rings. The van der Waals surface area contributed by atoms with Crippen LogP contribution in [-0.4, -0.2) is 223 Å². The van der Waals surface area contributed by atoms with Gasteiger partial charge in [0.2, 0.25) is 29.5 Å². The van der Waals surface area contributed by atoms with Crippen molar-refractivity contribution in [2.24, 2.45) is 0 Å². The highest BCUT2D eigenvalue weighted by atomic mass is 16.5. The molecule has 0 atom stereocenters. The van der Waals surface area contributed by atoms with Crippen LogP contribution in [0.3, 0.4) is 0 Å². The van der Waals surface area contributed by atoms with Crippen LogP contribution in [0.1, 0.15) is 161 Å². The van der Waals surface area contributed by atoms with Crippen molar-refractivity contribution in [2.75, 3.05) is 139 Å². The SMILES string of the molecule is CC(=O)N1CCc2c(c(N3CCCc4cc(-c5cncc(C#N)c5)ccc43)nn2C2COC2)C1.CC(=O)N1CCc2c(c(N3CCCc4ccccc43)nn2C2COC2)C1.CNC(=O)c1ccc(-c2ccc3c(c2)CCCN3c2nn(C3COC3)c3c2CN(C(C)=O)CC3)cn1.COc1ccc(-c2ccc3c(c2)CCCN3c2nn(C3COC3)c3c2CN(C(C)=O)CC3)cn1. The number of amides is 5. The van der Waals surface area contributed by atoms with E-state index < -0.39 is 0 Å². The highest BCUT2D eigenvalue weighted by Gasteiger charge is 2.41. The van der Waals surface area contributed by atoms with Crippen molar-refractivity contribution in [3.63, 3.8) is 0 Å². The Morgan fingerprint density at radius 3 is 1.05 bits per heavy atom. The first kappa shape index (κ1) is 85.0. The van der Waals surface area contributed by atoms with E-state index in [0.717, 1.165) is 222 Å². The molecular formula is C99H109N21O10. The van der Waals surface area contributed by atoms with Crippen molar-refractivity contribution >= 4 is 75.6 Å². The lowest BCUT2D eigenvalue weighted by Gasteiger charge is -2.33. The first-order valence-corrected chi connectivity index (χ1v) is 45.8. The van der Waals surface area contributed by atoms with Crippen molar-refractivity contribution in [1.29, 1.82) is 5.26 Å². The quantitative estimate of drug-likeness (QED) is 0.112. The lowest BCUT2D eigenvalue weighted by Crippen LogP contribution is -2.37. The molecule has 0 saturated carbocycles. The Hall–Kier alpha value is -13.2.